The molecule has 3 heterocycles. The van der Waals surface area contributed by atoms with Crippen molar-refractivity contribution in [3.05, 3.63) is 35.9 Å². The predicted octanol–water partition coefficient (Wildman–Crippen LogP) is 2.29. The van der Waals surface area contributed by atoms with Gasteiger partial charge in [0.15, 0.2) is 5.82 Å². The Labute approximate surface area is 131 Å². The molecular formula is C13H16N6O2S. The number of hydrogen-bond donors (Lipinski definition) is 0. The van der Waals surface area contributed by atoms with Gasteiger partial charge < -0.3 is 8.94 Å². The zero-order chi connectivity index (χ0) is 15.6. The molecule has 0 bridgehead atoms. The summed E-state index contributed by atoms with van der Waals surface area (Å²) in [6.45, 7) is 6.58. The lowest BCUT2D eigenvalue weighted by Crippen LogP contribution is -2.11. The van der Waals surface area contributed by atoms with Crippen molar-refractivity contribution in [3.8, 4) is 0 Å². The number of rotatable bonds is 5. The van der Waals surface area contributed by atoms with Crippen LogP contribution in [0.15, 0.2) is 32.5 Å². The Bertz CT molecular complexity index is 728. The highest BCUT2D eigenvalue weighted by atomic mass is 32.2. The second-order valence-electron chi connectivity index (χ2n) is 5.75. The summed E-state index contributed by atoms with van der Waals surface area (Å²) >= 11 is 1.45. The van der Waals surface area contributed by atoms with Crippen molar-refractivity contribution in [1.82, 2.24) is 30.3 Å². The van der Waals surface area contributed by atoms with E-state index in [1.807, 2.05) is 32.9 Å². The van der Waals surface area contributed by atoms with Gasteiger partial charge in [-0.2, -0.15) is 4.98 Å². The number of hydrogen-bond acceptors (Lipinski definition) is 8. The molecule has 8 nitrogen and oxygen atoms in total. The van der Waals surface area contributed by atoms with E-state index < -0.39 is 0 Å². The highest BCUT2D eigenvalue weighted by molar-refractivity contribution is 7.98. The topological polar surface area (TPSA) is 95.7 Å². The summed E-state index contributed by atoms with van der Waals surface area (Å²) in [5, 5.41) is 16.3. The molecule has 3 aromatic heterocycles. The number of tetrazole rings is 1. The van der Waals surface area contributed by atoms with Gasteiger partial charge in [-0.15, -0.1) is 5.10 Å². The molecule has 3 rings (SSSR count). The molecule has 0 unspecified atom stereocenters. The zero-order valence-electron chi connectivity index (χ0n) is 12.6. The van der Waals surface area contributed by atoms with E-state index in [-0.39, 0.29) is 5.41 Å². The highest BCUT2D eigenvalue weighted by Crippen LogP contribution is 2.23. The average Bonchev–Trinajstić information content (AvgIpc) is 3.17. The molecule has 22 heavy (non-hydrogen) atoms. The van der Waals surface area contributed by atoms with Crippen molar-refractivity contribution in [2.45, 2.75) is 43.6 Å². The van der Waals surface area contributed by atoms with Crippen molar-refractivity contribution in [1.29, 1.82) is 0 Å². The zero-order valence-corrected chi connectivity index (χ0v) is 13.4. The number of thioether (sulfide) groups is 1. The largest absolute Gasteiger partial charge is 0.467 e. The number of nitrogens with zero attached hydrogens (tertiary/aromatic N) is 6. The Balaban J connectivity index is 1.65. The standard InChI is InChI=1S/C13H16N6O2S/c1-13(2,3)11-14-10(16-21-11)8-22-12-15-17-18-19(12)7-9-5-4-6-20-9/h4-6H,7-8H2,1-3H3. The molecule has 0 atom stereocenters. The first-order valence-corrected chi connectivity index (χ1v) is 7.75. The third-order valence-corrected chi connectivity index (χ3v) is 3.78. The third-order valence-electron chi connectivity index (χ3n) is 2.82. The van der Waals surface area contributed by atoms with Gasteiger partial charge in [0.2, 0.25) is 11.0 Å². The van der Waals surface area contributed by atoms with Crippen molar-refractivity contribution in [2.24, 2.45) is 0 Å². The van der Waals surface area contributed by atoms with E-state index in [0.29, 0.717) is 29.2 Å². The summed E-state index contributed by atoms with van der Waals surface area (Å²) in [5.41, 5.74) is -0.156. The Morgan fingerprint density at radius 3 is 2.86 bits per heavy atom. The first kappa shape index (κ1) is 14.8. The lowest BCUT2D eigenvalue weighted by molar-refractivity contribution is 0.319. The average molecular weight is 320 g/mol. The Morgan fingerprint density at radius 2 is 2.18 bits per heavy atom. The molecule has 0 aliphatic heterocycles. The summed E-state index contributed by atoms with van der Waals surface area (Å²) in [6.07, 6.45) is 1.62. The van der Waals surface area contributed by atoms with E-state index in [1.165, 1.54) is 11.8 Å². The summed E-state index contributed by atoms with van der Waals surface area (Å²) in [7, 11) is 0. The van der Waals surface area contributed by atoms with Crippen molar-refractivity contribution < 1.29 is 8.94 Å². The van der Waals surface area contributed by atoms with E-state index >= 15 is 0 Å². The first-order valence-electron chi connectivity index (χ1n) is 6.77. The van der Waals surface area contributed by atoms with Gasteiger partial charge in [0.1, 0.15) is 12.3 Å². The molecule has 116 valence electrons. The van der Waals surface area contributed by atoms with Crippen LogP contribution in [-0.2, 0) is 17.7 Å². The van der Waals surface area contributed by atoms with Gasteiger partial charge in [-0.1, -0.05) is 37.7 Å². The smallest absolute Gasteiger partial charge is 0.232 e. The van der Waals surface area contributed by atoms with Crippen LogP contribution in [0.25, 0.3) is 0 Å². The molecule has 0 aromatic carbocycles. The van der Waals surface area contributed by atoms with Gasteiger partial charge in [0, 0.05) is 5.41 Å². The Hall–Kier alpha value is -2.16. The van der Waals surface area contributed by atoms with Crippen LogP contribution in [0.5, 0.6) is 0 Å². The van der Waals surface area contributed by atoms with Crippen LogP contribution < -0.4 is 0 Å². The van der Waals surface area contributed by atoms with Gasteiger partial charge >= 0.3 is 0 Å². The lowest BCUT2D eigenvalue weighted by atomic mass is 9.97. The van der Waals surface area contributed by atoms with Crippen LogP contribution in [0, 0.1) is 0 Å². The lowest BCUT2D eigenvalue weighted by Gasteiger charge is -2.10. The molecule has 0 N–H and O–H groups in total. The maximum atomic E-state index is 5.30. The van der Waals surface area contributed by atoms with Crippen LogP contribution in [0.1, 0.15) is 38.2 Å². The molecule has 0 aliphatic carbocycles. The van der Waals surface area contributed by atoms with Crippen LogP contribution in [0.2, 0.25) is 0 Å². The van der Waals surface area contributed by atoms with Gasteiger partial charge in [0.05, 0.1) is 12.0 Å². The minimum absolute atomic E-state index is 0.156. The van der Waals surface area contributed by atoms with E-state index in [4.69, 9.17) is 8.94 Å². The van der Waals surface area contributed by atoms with Crippen molar-refractivity contribution in [2.75, 3.05) is 0 Å². The Kier molecular flexibility index (Phi) is 3.97. The highest BCUT2D eigenvalue weighted by Gasteiger charge is 2.22. The molecule has 0 amide bonds. The minimum Gasteiger partial charge on any atom is -0.467 e. The number of aromatic nitrogens is 6. The molecule has 0 saturated heterocycles. The molecular weight excluding hydrogens is 304 g/mol. The second kappa shape index (κ2) is 5.91. The normalized spacial score (nSPS) is 12.0. The third kappa shape index (κ3) is 3.35. The van der Waals surface area contributed by atoms with Gasteiger partial charge in [-0.25, -0.2) is 4.68 Å². The van der Waals surface area contributed by atoms with E-state index in [0.717, 1.165) is 5.76 Å². The van der Waals surface area contributed by atoms with Crippen molar-refractivity contribution >= 4 is 11.8 Å². The summed E-state index contributed by atoms with van der Waals surface area (Å²) < 4.78 is 12.2. The Morgan fingerprint density at radius 1 is 1.32 bits per heavy atom. The number of furan rings is 1. The monoisotopic (exact) mass is 320 g/mol. The quantitative estimate of drug-likeness (QED) is 0.661. The second-order valence-corrected chi connectivity index (χ2v) is 6.70. The van der Waals surface area contributed by atoms with Crippen LogP contribution in [-0.4, -0.2) is 30.3 Å². The maximum Gasteiger partial charge on any atom is 0.232 e. The van der Waals surface area contributed by atoms with Crippen molar-refractivity contribution in [3.63, 3.8) is 0 Å². The predicted molar refractivity (Wildman–Crippen MR) is 78.2 cm³/mol. The SMILES string of the molecule is CC(C)(C)c1nc(CSc2nnnn2Cc2ccco2)no1. The minimum atomic E-state index is -0.156. The molecule has 0 saturated carbocycles. The van der Waals surface area contributed by atoms with Gasteiger partial charge in [-0.05, 0) is 22.6 Å². The molecule has 0 fully saturated rings. The molecule has 0 spiro atoms. The van der Waals surface area contributed by atoms with E-state index in [9.17, 15) is 0 Å². The fourth-order valence-corrected chi connectivity index (χ4v) is 2.42. The summed E-state index contributed by atoms with van der Waals surface area (Å²) in [6, 6.07) is 3.71. The van der Waals surface area contributed by atoms with Crippen LogP contribution in [0.4, 0.5) is 0 Å². The van der Waals surface area contributed by atoms with Gasteiger partial charge in [0.25, 0.3) is 0 Å². The summed E-state index contributed by atoms with van der Waals surface area (Å²) in [4.78, 5) is 4.39. The van der Waals surface area contributed by atoms with Crippen LogP contribution in [0.3, 0.4) is 0 Å². The summed E-state index contributed by atoms with van der Waals surface area (Å²) in [5.74, 6) is 2.59. The molecule has 9 heteroatoms. The van der Waals surface area contributed by atoms with Gasteiger partial charge in [-0.3, -0.25) is 0 Å². The fraction of sp³-hybridized carbons (Fsp3) is 0.462. The first-order chi connectivity index (χ1) is 10.5. The maximum absolute atomic E-state index is 5.30. The molecule has 0 radical (unpaired) electrons. The molecule has 0 aliphatic rings. The van der Waals surface area contributed by atoms with E-state index in [1.54, 1.807) is 10.9 Å². The van der Waals surface area contributed by atoms with E-state index in [2.05, 4.69) is 25.7 Å². The molecule has 3 aromatic rings. The fourth-order valence-electron chi connectivity index (χ4n) is 1.70. The van der Waals surface area contributed by atoms with Crippen LogP contribution >= 0.6 is 11.8 Å².